The first kappa shape index (κ1) is 16.8. The molecule has 0 aliphatic carbocycles. The minimum absolute atomic E-state index is 0.206. The highest BCUT2D eigenvalue weighted by molar-refractivity contribution is 9.10. The second-order valence-corrected chi connectivity index (χ2v) is 6.52. The van der Waals surface area contributed by atoms with Gasteiger partial charge in [-0.3, -0.25) is 4.90 Å². The third-order valence-corrected chi connectivity index (χ3v) is 4.37. The summed E-state index contributed by atoms with van der Waals surface area (Å²) in [5, 5.41) is 3.51. The SMILES string of the molecule is CC(NC1CCN(CC(F)(F)F)CC1)c1ccc(Br)cc1. The van der Waals surface area contributed by atoms with Crippen LogP contribution in [-0.4, -0.2) is 36.8 Å². The van der Waals surface area contributed by atoms with Crippen molar-refractivity contribution in [1.29, 1.82) is 0 Å². The number of halogens is 4. The average Bonchev–Trinajstić information content (AvgIpc) is 2.40. The van der Waals surface area contributed by atoms with E-state index in [1.807, 2.05) is 12.1 Å². The molecule has 0 aromatic heterocycles. The van der Waals surface area contributed by atoms with Crippen LogP contribution in [0.2, 0.25) is 0 Å². The number of benzene rings is 1. The van der Waals surface area contributed by atoms with Crippen LogP contribution in [-0.2, 0) is 0 Å². The molecular weight excluding hydrogens is 345 g/mol. The van der Waals surface area contributed by atoms with Gasteiger partial charge in [0.25, 0.3) is 0 Å². The molecule has 0 amide bonds. The first-order valence-electron chi connectivity index (χ1n) is 7.14. The summed E-state index contributed by atoms with van der Waals surface area (Å²) in [7, 11) is 0. The molecule has 21 heavy (non-hydrogen) atoms. The van der Waals surface area contributed by atoms with Gasteiger partial charge in [-0.05, 0) is 50.6 Å². The van der Waals surface area contributed by atoms with E-state index in [9.17, 15) is 13.2 Å². The molecule has 1 aliphatic rings. The highest BCUT2D eigenvalue weighted by atomic mass is 79.9. The summed E-state index contributed by atoms with van der Waals surface area (Å²) in [4.78, 5) is 1.49. The van der Waals surface area contributed by atoms with Gasteiger partial charge in [-0.15, -0.1) is 0 Å². The number of likely N-dealkylation sites (tertiary alicyclic amines) is 1. The maximum Gasteiger partial charge on any atom is 0.401 e. The van der Waals surface area contributed by atoms with Gasteiger partial charge in [-0.1, -0.05) is 28.1 Å². The van der Waals surface area contributed by atoms with Gasteiger partial charge in [0.15, 0.2) is 0 Å². The van der Waals surface area contributed by atoms with Crippen LogP contribution in [0.3, 0.4) is 0 Å². The maximum absolute atomic E-state index is 12.3. The molecule has 2 rings (SSSR count). The van der Waals surface area contributed by atoms with E-state index in [1.54, 1.807) is 0 Å². The summed E-state index contributed by atoms with van der Waals surface area (Å²) in [5.74, 6) is 0. The van der Waals surface area contributed by atoms with Crippen LogP contribution >= 0.6 is 15.9 Å². The predicted octanol–water partition coefficient (Wildman–Crippen LogP) is 4.13. The highest BCUT2D eigenvalue weighted by Crippen LogP contribution is 2.22. The predicted molar refractivity (Wildman–Crippen MR) is 81.2 cm³/mol. The second-order valence-electron chi connectivity index (χ2n) is 5.61. The van der Waals surface area contributed by atoms with E-state index in [-0.39, 0.29) is 12.1 Å². The number of nitrogens with zero attached hydrogens (tertiary/aromatic N) is 1. The molecule has 1 saturated heterocycles. The van der Waals surface area contributed by atoms with Crippen LogP contribution in [0.1, 0.15) is 31.4 Å². The van der Waals surface area contributed by atoms with Gasteiger partial charge in [-0.25, -0.2) is 0 Å². The van der Waals surface area contributed by atoms with Gasteiger partial charge < -0.3 is 5.32 Å². The van der Waals surface area contributed by atoms with Crippen LogP contribution in [0.4, 0.5) is 13.2 Å². The van der Waals surface area contributed by atoms with Crippen LogP contribution in [0, 0.1) is 0 Å². The molecule has 0 radical (unpaired) electrons. The largest absolute Gasteiger partial charge is 0.401 e. The molecule has 1 heterocycles. The summed E-state index contributed by atoms with van der Waals surface area (Å²) in [6.45, 7) is 2.31. The molecule has 1 aromatic rings. The van der Waals surface area contributed by atoms with Gasteiger partial charge in [0.05, 0.1) is 6.54 Å². The number of hydrogen-bond donors (Lipinski definition) is 1. The van der Waals surface area contributed by atoms with E-state index in [4.69, 9.17) is 0 Å². The normalized spacial score (nSPS) is 19.7. The molecule has 1 aromatic carbocycles. The second kappa shape index (κ2) is 7.11. The zero-order valence-corrected chi connectivity index (χ0v) is 13.5. The molecule has 1 N–H and O–H groups in total. The molecule has 6 heteroatoms. The highest BCUT2D eigenvalue weighted by Gasteiger charge is 2.32. The Hall–Kier alpha value is -0.590. The van der Waals surface area contributed by atoms with Crippen LogP contribution in [0.5, 0.6) is 0 Å². The Morgan fingerprint density at radius 3 is 2.33 bits per heavy atom. The number of alkyl halides is 3. The average molecular weight is 365 g/mol. The van der Waals surface area contributed by atoms with Crippen molar-refractivity contribution >= 4 is 15.9 Å². The van der Waals surface area contributed by atoms with Crippen LogP contribution in [0.15, 0.2) is 28.7 Å². The van der Waals surface area contributed by atoms with Crippen molar-refractivity contribution in [3.05, 3.63) is 34.3 Å². The Labute approximate surface area is 131 Å². The topological polar surface area (TPSA) is 15.3 Å². The molecule has 118 valence electrons. The van der Waals surface area contributed by atoms with Gasteiger partial charge >= 0.3 is 6.18 Å². The lowest BCUT2D eigenvalue weighted by Gasteiger charge is -2.34. The third-order valence-electron chi connectivity index (χ3n) is 3.85. The maximum atomic E-state index is 12.3. The van der Waals surface area contributed by atoms with Crippen molar-refractivity contribution < 1.29 is 13.2 Å². The Kier molecular flexibility index (Phi) is 5.68. The molecular formula is C15H20BrF3N2. The van der Waals surface area contributed by atoms with Crippen molar-refractivity contribution in [3.63, 3.8) is 0 Å². The molecule has 1 fully saturated rings. The minimum Gasteiger partial charge on any atom is -0.307 e. The van der Waals surface area contributed by atoms with Crippen LogP contribution in [0.25, 0.3) is 0 Å². The Morgan fingerprint density at radius 1 is 1.24 bits per heavy atom. The van der Waals surface area contributed by atoms with E-state index in [0.29, 0.717) is 13.1 Å². The molecule has 2 nitrogen and oxygen atoms in total. The summed E-state index contributed by atoms with van der Waals surface area (Å²) >= 11 is 3.41. The van der Waals surface area contributed by atoms with Gasteiger partial charge in [0.2, 0.25) is 0 Å². The van der Waals surface area contributed by atoms with E-state index in [1.165, 1.54) is 10.5 Å². The lowest BCUT2D eigenvalue weighted by atomic mass is 10.0. The summed E-state index contributed by atoms with van der Waals surface area (Å²) in [6.07, 6.45) is -2.57. The Balaban J connectivity index is 1.79. The monoisotopic (exact) mass is 364 g/mol. The van der Waals surface area contributed by atoms with E-state index >= 15 is 0 Å². The van der Waals surface area contributed by atoms with E-state index in [2.05, 4.69) is 40.3 Å². The smallest absolute Gasteiger partial charge is 0.307 e. The third kappa shape index (κ3) is 5.60. The fraction of sp³-hybridized carbons (Fsp3) is 0.600. The minimum atomic E-state index is -4.09. The number of rotatable bonds is 4. The zero-order chi connectivity index (χ0) is 15.5. The number of hydrogen-bond acceptors (Lipinski definition) is 2. The van der Waals surface area contributed by atoms with Gasteiger partial charge in [0.1, 0.15) is 0 Å². The first-order valence-corrected chi connectivity index (χ1v) is 7.93. The van der Waals surface area contributed by atoms with Gasteiger partial charge in [-0.2, -0.15) is 13.2 Å². The van der Waals surface area contributed by atoms with Gasteiger partial charge in [0, 0.05) is 16.6 Å². The zero-order valence-electron chi connectivity index (χ0n) is 12.0. The molecule has 0 saturated carbocycles. The quantitative estimate of drug-likeness (QED) is 0.863. The van der Waals surface area contributed by atoms with Crippen molar-refractivity contribution in [2.24, 2.45) is 0 Å². The van der Waals surface area contributed by atoms with Crippen molar-refractivity contribution in [1.82, 2.24) is 10.2 Å². The fourth-order valence-electron chi connectivity index (χ4n) is 2.71. The van der Waals surface area contributed by atoms with Crippen molar-refractivity contribution in [2.75, 3.05) is 19.6 Å². The summed E-state index contributed by atoms with van der Waals surface area (Å²) in [5.41, 5.74) is 1.19. The first-order chi connectivity index (χ1) is 9.83. The Morgan fingerprint density at radius 2 is 1.81 bits per heavy atom. The number of piperidine rings is 1. The lowest BCUT2D eigenvalue weighted by molar-refractivity contribution is -0.148. The van der Waals surface area contributed by atoms with E-state index < -0.39 is 12.7 Å². The summed E-state index contributed by atoms with van der Waals surface area (Å²) < 4.78 is 38.1. The van der Waals surface area contributed by atoms with Crippen molar-refractivity contribution in [3.8, 4) is 0 Å². The van der Waals surface area contributed by atoms with E-state index in [0.717, 1.165) is 17.3 Å². The Bertz CT molecular complexity index is 439. The standard InChI is InChI=1S/C15H20BrF3N2/c1-11(12-2-4-13(16)5-3-12)20-14-6-8-21(9-7-14)10-15(17,18)19/h2-5,11,14,20H,6-10H2,1H3. The molecule has 1 unspecified atom stereocenters. The van der Waals surface area contributed by atoms with Crippen LogP contribution < -0.4 is 5.32 Å². The summed E-state index contributed by atoms with van der Waals surface area (Å²) in [6, 6.07) is 8.60. The molecule has 1 atom stereocenters. The number of nitrogens with one attached hydrogen (secondary N) is 1. The lowest BCUT2D eigenvalue weighted by Crippen LogP contribution is -2.46. The fourth-order valence-corrected chi connectivity index (χ4v) is 2.98. The molecule has 0 spiro atoms. The van der Waals surface area contributed by atoms with Crippen molar-refractivity contribution in [2.45, 2.75) is 38.0 Å². The molecule has 0 bridgehead atoms. The molecule has 1 aliphatic heterocycles.